The van der Waals surface area contributed by atoms with Gasteiger partial charge in [0.1, 0.15) is 47.8 Å². The Morgan fingerprint density at radius 2 is 1.17 bits per heavy atom. The molecule has 0 unspecified atom stereocenters. The predicted octanol–water partition coefficient (Wildman–Crippen LogP) is 5.68. The predicted molar refractivity (Wildman–Crippen MR) is 338 cm³/mol. The average Bonchev–Trinajstić information content (AvgIpc) is 3.88. The van der Waals surface area contributed by atoms with Crippen LogP contribution in [0.3, 0.4) is 0 Å². The van der Waals surface area contributed by atoms with Crippen molar-refractivity contribution in [2.24, 2.45) is 7.05 Å². The third-order valence-electron chi connectivity index (χ3n) is 10.3. The summed E-state index contributed by atoms with van der Waals surface area (Å²) in [5.41, 5.74) is 15.9. The standard InChI is InChI=1S/C5H8N2O.C5H8N2.2C4H7N3O.C4H7N3.3C4H6N2.C4H5NO.C3H6N4.3C3H5N3.C3H4N2O/c1-4-5(8-2)3-6-7-4;1-4-3-6-7-5(4)2;1-3-4(8)5-6-7(3)2;1-3-4(8-2)6-7-5-3;1-3-4(2)6-7-5-3;1-4-2-5-3-6-4;1-4-5-2-3-6-4;1-4-2-3-5-6-4;1-4-5-2-3-6-4;1-2-3(4)6-7-5-2;2*1-3-4-2-5-6-3;1-3-2-4-6-5-3;1-3-4-2-6-5-3/h3H,1-2H3,(H,6,7);3H,1-2H3,(H,6,7);8H,1-2H3;1-2H3,(H,5,6,7);1-2H3,(H,5,6,7);3*2-3H,1H3,(H,5,6);2-3H,1H3;1H3,(H3,4,5,6,7);3*2H,1H3,(H,4,5,6);2H,1H3. The van der Waals surface area contributed by atoms with E-state index in [4.69, 9.17) is 24.7 Å². The lowest BCUT2D eigenvalue weighted by atomic mass is 10.3. The number of nitrogen functional groups attached to an aromatic ring is 1. The van der Waals surface area contributed by atoms with Gasteiger partial charge in [0.15, 0.2) is 23.3 Å². The van der Waals surface area contributed by atoms with Gasteiger partial charge in [-0.25, -0.2) is 29.6 Å². The molecule has 40 nitrogen and oxygen atoms in total. The van der Waals surface area contributed by atoms with Gasteiger partial charge >= 0.3 is 0 Å². The van der Waals surface area contributed by atoms with E-state index in [2.05, 4.69) is 172 Å². The van der Waals surface area contributed by atoms with Crippen molar-refractivity contribution in [3.8, 4) is 17.5 Å². The number of nitrogens with two attached hydrogens (primary N) is 1. The number of aromatic hydroxyl groups is 1. The SMILES string of the molecule is COc1cn[nH]c1C.COc1n[nH]nc1C.Cc1c(O)nnn1C.Cc1ccn[nH]1.Cc1cn[nH]c1C.Cc1cn[nH]n1.Cc1cnc[nH]1.Cc1n[nH]nc1C.Cc1n[nH]nc1N.Cc1ncc[nH]1.Cc1ncco1.Cc1ncn[nH]1.Cc1ncn[nH]1.Cc1ncon1. The van der Waals surface area contributed by atoms with Crippen LogP contribution in [-0.4, -0.2) is 192 Å². The van der Waals surface area contributed by atoms with E-state index in [1.165, 1.54) is 29.3 Å². The van der Waals surface area contributed by atoms with Crippen molar-refractivity contribution in [1.82, 2.24) is 173 Å². The Hall–Kier alpha value is -12.4. The summed E-state index contributed by atoms with van der Waals surface area (Å²) in [6, 6.07) is 1.92. The number of anilines is 1. The van der Waals surface area contributed by atoms with Gasteiger partial charge in [0.05, 0.1) is 73.8 Å². The summed E-state index contributed by atoms with van der Waals surface area (Å²) in [6.45, 7) is 30.1. The normalized spacial score (nSPS) is 9.11. The highest BCUT2D eigenvalue weighted by Gasteiger charge is 2.00. The largest absolute Gasteiger partial charge is 0.493 e. The molecule has 0 saturated carbocycles. The molecule has 0 atom stereocenters. The number of ether oxygens (including phenoxy) is 2. The number of methoxy groups -OCH3 is 2. The second kappa shape index (κ2) is 47.6. The second-order valence-corrected chi connectivity index (χ2v) is 18.0. The molecule has 0 aromatic carbocycles. The van der Waals surface area contributed by atoms with Crippen molar-refractivity contribution in [3.63, 3.8) is 0 Å². The number of aromatic nitrogens is 34. The molecule has 0 aliphatic rings. The van der Waals surface area contributed by atoms with Gasteiger partial charge in [-0.15, -0.1) is 10.2 Å². The van der Waals surface area contributed by atoms with E-state index >= 15 is 0 Å². The van der Waals surface area contributed by atoms with E-state index in [9.17, 15) is 0 Å². The molecule has 14 aromatic rings. The minimum absolute atomic E-state index is 0.00694. The van der Waals surface area contributed by atoms with Crippen molar-refractivity contribution >= 4 is 5.82 Å². The fraction of sp³-hybridized carbons (Fsp3) is 0.358. The lowest BCUT2D eigenvalue weighted by Gasteiger charge is -1.91. The summed E-state index contributed by atoms with van der Waals surface area (Å²) in [5, 5.41) is 90.3. The number of nitrogens with one attached hydrogen (secondary N) is 11. The van der Waals surface area contributed by atoms with Crippen LogP contribution in [0.1, 0.15) is 91.7 Å². The summed E-state index contributed by atoms with van der Waals surface area (Å²) in [5.74, 6) is 5.92. The summed E-state index contributed by atoms with van der Waals surface area (Å²) < 4.78 is 20.3. The highest BCUT2D eigenvalue weighted by Crippen LogP contribution is 2.10. The molecule has 0 aliphatic heterocycles. The Labute approximate surface area is 534 Å². The summed E-state index contributed by atoms with van der Waals surface area (Å²) in [7, 11) is 4.91. The van der Waals surface area contributed by atoms with Crippen molar-refractivity contribution in [3.05, 3.63) is 179 Å². The van der Waals surface area contributed by atoms with Gasteiger partial charge in [-0.3, -0.25) is 25.5 Å². The number of aromatic amines is 11. The molecular formula is C53H85N35O5. The van der Waals surface area contributed by atoms with Crippen LogP contribution in [0.25, 0.3) is 0 Å². The first-order chi connectivity index (χ1) is 44.5. The lowest BCUT2D eigenvalue weighted by Crippen LogP contribution is -1.91. The van der Waals surface area contributed by atoms with E-state index in [-0.39, 0.29) is 5.88 Å². The number of imidazole rings is 2. The zero-order valence-electron chi connectivity index (χ0n) is 55.5. The Morgan fingerprint density at radius 1 is 0.538 bits per heavy atom. The van der Waals surface area contributed by atoms with Crippen LogP contribution in [0, 0.1) is 111 Å². The van der Waals surface area contributed by atoms with Gasteiger partial charge in [-0.2, -0.15) is 81.9 Å². The number of rotatable bonds is 2. The van der Waals surface area contributed by atoms with Crippen LogP contribution < -0.4 is 15.2 Å². The van der Waals surface area contributed by atoms with Crippen molar-refractivity contribution in [1.29, 1.82) is 0 Å². The van der Waals surface area contributed by atoms with Crippen molar-refractivity contribution in [2.45, 2.75) is 111 Å². The summed E-state index contributed by atoms with van der Waals surface area (Å²) in [4.78, 5) is 28.3. The minimum atomic E-state index is 0.00694. The monoisotopic (exact) mass is 1290 g/mol. The molecule has 0 bridgehead atoms. The van der Waals surface area contributed by atoms with Crippen molar-refractivity contribution < 1.29 is 23.5 Å². The van der Waals surface area contributed by atoms with E-state index < -0.39 is 0 Å². The molecule has 14 rings (SSSR count). The molecule has 14 N–H and O–H groups in total. The molecule has 0 saturated heterocycles. The van der Waals surface area contributed by atoms with Crippen LogP contribution in [0.4, 0.5) is 5.82 Å². The number of oxazole rings is 1. The fourth-order valence-corrected chi connectivity index (χ4v) is 4.75. The van der Waals surface area contributed by atoms with Gasteiger partial charge in [0.2, 0.25) is 6.39 Å². The third kappa shape index (κ3) is 39.2. The molecule has 0 amide bonds. The maximum atomic E-state index is 8.75. The first-order valence-electron chi connectivity index (χ1n) is 27.3. The van der Waals surface area contributed by atoms with Gasteiger partial charge < -0.3 is 39.2 Å². The van der Waals surface area contributed by atoms with Crippen LogP contribution in [0.5, 0.6) is 17.5 Å². The Balaban J connectivity index is 0.000000501. The van der Waals surface area contributed by atoms with Gasteiger partial charge in [0, 0.05) is 55.8 Å². The number of hydrogen-bond acceptors (Lipinski definition) is 28. The Morgan fingerprint density at radius 3 is 1.33 bits per heavy atom. The zero-order chi connectivity index (χ0) is 69.2. The number of aryl methyl sites for hydroxylation is 16. The molecule has 14 aromatic heterocycles. The molecular weight excluding hydrogens is 1210 g/mol. The highest BCUT2D eigenvalue weighted by molar-refractivity contribution is 5.29. The Bertz CT molecular complexity index is 3190. The van der Waals surface area contributed by atoms with Crippen LogP contribution in [0.15, 0.2) is 96.2 Å². The maximum absolute atomic E-state index is 8.75. The van der Waals surface area contributed by atoms with E-state index in [0.717, 1.165) is 80.4 Å². The van der Waals surface area contributed by atoms with Crippen LogP contribution >= 0.6 is 0 Å². The third-order valence-corrected chi connectivity index (χ3v) is 10.3. The van der Waals surface area contributed by atoms with Gasteiger partial charge in [0.25, 0.3) is 11.8 Å². The first kappa shape index (κ1) is 78.6. The second-order valence-electron chi connectivity index (χ2n) is 18.0. The number of nitrogens with zero attached hydrogens (tertiary/aromatic N) is 23. The van der Waals surface area contributed by atoms with Crippen LogP contribution in [-0.2, 0) is 7.05 Å². The quantitative estimate of drug-likeness (QED) is 0.0990. The molecule has 0 fully saturated rings. The smallest absolute Gasteiger partial charge is 0.255 e. The summed E-state index contributed by atoms with van der Waals surface area (Å²) in [6.07, 6.45) is 21.3. The van der Waals surface area contributed by atoms with Gasteiger partial charge in [-0.1, -0.05) is 15.5 Å². The average molecular weight is 1290 g/mol. The Kier molecular flexibility index (Phi) is 40.2. The van der Waals surface area contributed by atoms with E-state index in [1.807, 2.05) is 95.3 Å². The molecule has 40 heteroatoms. The van der Waals surface area contributed by atoms with E-state index in [1.54, 1.807) is 105 Å². The molecule has 0 radical (unpaired) electrons. The maximum Gasteiger partial charge on any atom is 0.255 e. The number of hydrogen-bond donors (Lipinski definition) is 13. The van der Waals surface area contributed by atoms with Crippen molar-refractivity contribution in [2.75, 3.05) is 20.0 Å². The highest BCUT2D eigenvalue weighted by atomic mass is 16.5. The van der Waals surface area contributed by atoms with Gasteiger partial charge in [-0.05, 0) is 115 Å². The fourth-order valence-electron chi connectivity index (χ4n) is 4.75. The number of H-pyrrole nitrogens is 11. The van der Waals surface area contributed by atoms with Crippen LogP contribution in [0.2, 0.25) is 0 Å². The zero-order valence-corrected chi connectivity index (χ0v) is 55.5. The lowest BCUT2D eigenvalue weighted by molar-refractivity contribution is 0.394. The molecule has 502 valence electrons. The molecule has 14 heterocycles. The molecule has 0 spiro atoms. The minimum Gasteiger partial charge on any atom is -0.493 e. The first-order valence-corrected chi connectivity index (χ1v) is 27.3. The van der Waals surface area contributed by atoms with E-state index in [0.29, 0.717) is 23.2 Å². The molecule has 0 aliphatic carbocycles. The topological polar surface area (TPSA) is 553 Å². The molecule has 93 heavy (non-hydrogen) atoms. The summed E-state index contributed by atoms with van der Waals surface area (Å²) >= 11 is 0.